The van der Waals surface area contributed by atoms with Crippen molar-refractivity contribution in [1.82, 2.24) is 10.2 Å². The van der Waals surface area contributed by atoms with Gasteiger partial charge in [0.25, 0.3) is 0 Å². The molecule has 0 aliphatic heterocycles. The Morgan fingerprint density at radius 1 is 1.59 bits per heavy atom. The lowest BCUT2D eigenvalue weighted by Crippen LogP contribution is -2.39. The fraction of sp³-hybridized carbons (Fsp3) is 0.615. The first-order chi connectivity index (χ1) is 8.18. The van der Waals surface area contributed by atoms with Crippen molar-refractivity contribution >= 4 is 17.2 Å². The van der Waals surface area contributed by atoms with Gasteiger partial charge in [0.15, 0.2) is 0 Å². The molecule has 1 aliphatic rings. The van der Waals surface area contributed by atoms with Crippen molar-refractivity contribution in [1.29, 1.82) is 0 Å². The molecular formula is C13H20N2OS. The highest BCUT2D eigenvalue weighted by Gasteiger charge is 2.26. The average Bonchev–Trinajstić information content (AvgIpc) is 2.67. The van der Waals surface area contributed by atoms with Crippen LogP contribution in [0, 0.1) is 5.92 Å². The van der Waals surface area contributed by atoms with Crippen LogP contribution >= 0.6 is 11.3 Å². The standard InChI is InChI=1S/C13H20N2OS/c1-15(2)11(12-7-4-8-17-12)9-14-13(16)10-5-3-6-10/h4,7-8,10-11H,3,5-6,9H2,1-2H3,(H,14,16). The first-order valence-corrected chi connectivity index (χ1v) is 7.04. The zero-order valence-electron chi connectivity index (χ0n) is 10.5. The van der Waals surface area contributed by atoms with Gasteiger partial charge in [-0.3, -0.25) is 4.79 Å². The predicted molar refractivity (Wildman–Crippen MR) is 71.1 cm³/mol. The molecule has 0 aromatic carbocycles. The SMILES string of the molecule is CN(C)C(CNC(=O)C1CCC1)c1cccs1. The molecule has 1 aromatic heterocycles. The highest BCUT2D eigenvalue weighted by atomic mass is 32.1. The summed E-state index contributed by atoms with van der Waals surface area (Å²) in [4.78, 5) is 15.3. The lowest BCUT2D eigenvalue weighted by atomic mass is 9.85. The molecule has 1 unspecified atom stereocenters. The van der Waals surface area contributed by atoms with Crippen molar-refractivity contribution in [2.24, 2.45) is 5.92 Å². The number of hydrogen-bond acceptors (Lipinski definition) is 3. The van der Waals surface area contributed by atoms with Crippen molar-refractivity contribution in [3.05, 3.63) is 22.4 Å². The predicted octanol–water partition coefficient (Wildman–Crippen LogP) is 2.27. The Morgan fingerprint density at radius 2 is 2.35 bits per heavy atom. The average molecular weight is 252 g/mol. The number of hydrogen-bond donors (Lipinski definition) is 1. The molecule has 3 nitrogen and oxygen atoms in total. The van der Waals surface area contributed by atoms with Crippen molar-refractivity contribution in [3.8, 4) is 0 Å². The van der Waals surface area contributed by atoms with E-state index < -0.39 is 0 Å². The van der Waals surface area contributed by atoms with Crippen LogP contribution in [-0.4, -0.2) is 31.4 Å². The van der Waals surface area contributed by atoms with E-state index in [0.29, 0.717) is 12.6 Å². The molecule has 1 N–H and O–H groups in total. The smallest absolute Gasteiger partial charge is 0.223 e. The van der Waals surface area contributed by atoms with E-state index in [0.717, 1.165) is 12.8 Å². The van der Waals surface area contributed by atoms with Gasteiger partial charge in [-0.25, -0.2) is 0 Å². The Morgan fingerprint density at radius 3 is 2.82 bits per heavy atom. The van der Waals surface area contributed by atoms with Gasteiger partial charge in [-0.15, -0.1) is 11.3 Å². The summed E-state index contributed by atoms with van der Waals surface area (Å²) in [5.74, 6) is 0.515. The first-order valence-electron chi connectivity index (χ1n) is 6.16. The van der Waals surface area contributed by atoms with Gasteiger partial charge < -0.3 is 10.2 Å². The molecule has 2 rings (SSSR count). The number of nitrogens with zero attached hydrogens (tertiary/aromatic N) is 1. The highest BCUT2D eigenvalue weighted by molar-refractivity contribution is 7.10. The third-order valence-electron chi connectivity index (χ3n) is 3.44. The second-order valence-electron chi connectivity index (χ2n) is 4.87. The Kier molecular flexibility index (Phi) is 4.18. The van der Waals surface area contributed by atoms with Crippen molar-refractivity contribution in [2.75, 3.05) is 20.6 Å². The molecule has 1 fully saturated rings. The molecule has 1 aromatic rings. The summed E-state index contributed by atoms with van der Waals surface area (Å²) in [5, 5.41) is 5.16. The number of rotatable bonds is 5. The molecular weight excluding hydrogens is 232 g/mol. The van der Waals surface area contributed by atoms with E-state index in [-0.39, 0.29) is 11.8 Å². The van der Waals surface area contributed by atoms with Gasteiger partial charge in [0, 0.05) is 17.3 Å². The Bertz CT molecular complexity index is 358. The topological polar surface area (TPSA) is 32.3 Å². The van der Waals surface area contributed by atoms with Crippen molar-refractivity contribution in [3.63, 3.8) is 0 Å². The monoisotopic (exact) mass is 252 g/mol. The summed E-state index contributed by atoms with van der Waals surface area (Å²) in [6.07, 6.45) is 3.34. The van der Waals surface area contributed by atoms with Crippen LogP contribution in [-0.2, 0) is 4.79 Å². The van der Waals surface area contributed by atoms with Gasteiger partial charge in [-0.1, -0.05) is 12.5 Å². The van der Waals surface area contributed by atoms with Gasteiger partial charge in [-0.05, 0) is 38.4 Å². The Balaban J connectivity index is 1.88. The van der Waals surface area contributed by atoms with Crippen molar-refractivity contribution < 1.29 is 4.79 Å². The fourth-order valence-corrected chi connectivity index (χ4v) is 2.95. The van der Waals surface area contributed by atoms with E-state index in [1.54, 1.807) is 11.3 Å². The number of thiophene rings is 1. The molecule has 17 heavy (non-hydrogen) atoms. The molecule has 1 saturated carbocycles. The quantitative estimate of drug-likeness (QED) is 0.872. The van der Waals surface area contributed by atoms with E-state index in [2.05, 4.69) is 41.8 Å². The summed E-state index contributed by atoms with van der Waals surface area (Å²) < 4.78 is 0. The molecule has 0 bridgehead atoms. The second-order valence-corrected chi connectivity index (χ2v) is 5.85. The van der Waals surface area contributed by atoms with Crippen LogP contribution in [0.4, 0.5) is 0 Å². The minimum Gasteiger partial charge on any atom is -0.354 e. The van der Waals surface area contributed by atoms with E-state index in [1.807, 2.05) is 0 Å². The summed E-state index contributed by atoms with van der Waals surface area (Å²) in [7, 11) is 4.11. The zero-order valence-corrected chi connectivity index (χ0v) is 11.3. The van der Waals surface area contributed by atoms with E-state index in [1.165, 1.54) is 11.3 Å². The lowest BCUT2D eigenvalue weighted by molar-refractivity contribution is -0.127. The summed E-state index contributed by atoms with van der Waals surface area (Å²) in [5.41, 5.74) is 0. The summed E-state index contributed by atoms with van der Waals surface area (Å²) in [6, 6.07) is 4.48. The maximum absolute atomic E-state index is 11.8. The summed E-state index contributed by atoms with van der Waals surface area (Å²) in [6.45, 7) is 0.711. The fourth-order valence-electron chi connectivity index (χ4n) is 2.03. The van der Waals surface area contributed by atoms with Crippen LogP contribution in [0.2, 0.25) is 0 Å². The van der Waals surface area contributed by atoms with Crippen LogP contribution in [0.3, 0.4) is 0 Å². The Hall–Kier alpha value is -0.870. The number of carbonyl (C=O) groups excluding carboxylic acids is 1. The first kappa shape index (κ1) is 12.6. The molecule has 0 saturated heterocycles. The minimum atomic E-state index is 0.236. The maximum atomic E-state index is 11.8. The highest BCUT2D eigenvalue weighted by Crippen LogP contribution is 2.27. The number of amides is 1. The minimum absolute atomic E-state index is 0.236. The molecule has 0 radical (unpaired) electrons. The van der Waals surface area contributed by atoms with Gasteiger partial charge in [0.05, 0.1) is 6.04 Å². The van der Waals surface area contributed by atoms with E-state index in [9.17, 15) is 4.79 Å². The largest absolute Gasteiger partial charge is 0.354 e. The van der Waals surface area contributed by atoms with Crippen molar-refractivity contribution in [2.45, 2.75) is 25.3 Å². The molecule has 1 heterocycles. The molecule has 0 spiro atoms. The lowest BCUT2D eigenvalue weighted by Gasteiger charge is -2.27. The number of carbonyl (C=O) groups is 1. The van der Waals surface area contributed by atoms with Gasteiger partial charge >= 0.3 is 0 Å². The summed E-state index contributed by atoms with van der Waals surface area (Å²) >= 11 is 1.75. The molecule has 1 amide bonds. The third-order valence-corrected chi connectivity index (χ3v) is 4.41. The van der Waals surface area contributed by atoms with Crippen LogP contribution in [0.1, 0.15) is 30.2 Å². The number of likely N-dealkylation sites (N-methyl/N-ethyl adjacent to an activating group) is 1. The number of nitrogens with one attached hydrogen (secondary N) is 1. The van der Waals surface area contributed by atoms with Crippen LogP contribution in [0.15, 0.2) is 17.5 Å². The van der Waals surface area contributed by atoms with Crippen LogP contribution < -0.4 is 5.32 Å². The van der Waals surface area contributed by atoms with Gasteiger partial charge in [-0.2, -0.15) is 0 Å². The van der Waals surface area contributed by atoms with E-state index >= 15 is 0 Å². The Labute approximate surface area is 107 Å². The van der Waals surface area contributed by atoms with Gasteiger partial charge in [0.1, 0.15) is 0 Å². The van der Waals surface area contributed by atoms with Crippen LogP contribution in [0.25, 0.3) is 0 Å². The second kappa shape index (κ2) is 5.65. The molecule has 1 aliphatic carbocycles. The third kappa shape index (κ3) is 3.07. The molecule has 4 heteroatoms. The van der Waals surface area contributed by atoms with Crippen LogP contribution in [0.5, 0.6) is 0 Å². The zero-order chi connectivity index (χ0) is 12.3. The maximum Gasteiger partial charge on any atom is 0.223 e. The van der Waals surface area contributed by atoms with E-state index in [4.69, 9.17) is 0 Å². The molecule has 1 atom stereocenters. The van der Waals surface area contributed by atoms with Gasteiger partial charge in [0.2, 0.25) is 5.91 Å². The molecule has 94 valence electrons. The normalized spacial score (nSPS) is 17.8.